The van der Waals surface area contributed by atoms with Crippen LogP contribution in [0, 0.1) is 5.41 Å². The van der Waals surface area contributed by atoms with E-state index in [1.165, 1.54) is 12.7 Å². The molecule has 2 saturated heterocycles. The van der Waals surface area contributed by atoms with Crippen LogP contribution in [0.25, 0.3) is 11.5 Å². The predicted molar refractivity (Wildman–Crippen MR) is 87.0 cm³/mol. The maximum atomic E-state index is 12.6. The van der Waals surface area contributed by atoms with E-state index >= 15 is 0 Å². The van der Waals surface area contributed by atoms with Gasteiger partial charge in [0.05, 0.1) is 0 Å². The number of carbonyl (C=O) groups excluding carboxylic acids is 1. The second-order valence-electron chi connectivity index (χ2n) is 6.62. The van der Waals surface area contributed by atoms with Gasteiger partial charge in [0.1, 0.15) is 6.26 Å². The van der Waals surface area contributed by atoms with Crippen LogP contribution in [-0.2, 0) is 0 Å². The molecular formula is C18H21N3O2. The largest absolute Gasteiger partial charge is 0.444 e. The van der Waals surface area contributed by atoms with Crippen LogP contribution in [0.3, 0.4) is 0 Å². The average Bonchev–Trinajstić information content (AvgIpc) is 3.26. The number of piperidine rings is 1. The summed E-state index contributed by atoms with van der Waals surface area (Å²) < 4.78 is 5.49. The van der Waals surface area contributed by atoms with Crippen LogP contribution in [0.2, 0.25) is 0 Å². The van der Waals surface area contributed by atoms with Gasteiger partial charge in [0.2, 0.25) is 5.89 Å². The summed E-state index contributed by atoms with van der Waals surface area (Å²) in [5.41, 5.74) is 1.71. The van der Waals surface area contributed by atoms with Crippen molar-refractivity contribution in [3.05, 3.63) is 42.3 Å². The molecule has 1 aromatic carbocycles. The first-order chi connectivity index (χ1) is 11.3. The summed E-state index contributed by atoms with van der Waals surface area (Å²) in [4.78, 5) is 18.9. The molecule has 0 radical (unpaired) electrons. The third kappa shape index (κ3) is 2.77. The summed E-state index contributed by atoms with van der Waals surface area (Å²) in [6, 6.07) is 9.66. The lowest BCUT2D eigenvalue weighted by molar-refractivity contribution is 0.0602. The fourth-order valence-corrected chi connectivity index (χ4v) is 3.65. The van der Waals surface area contributed by atoms with Crippen LogP contribution in [0.4, 0.5) is 0 Å². The Kier molecular flexibility index (Phi) is 3.65. The zero-order chi connectivity index (χ0) is 15.7. The van der Waals surface area contributed by atoms with Crippen molar-refractivity contribution in [2.45, 2.75) is 19.3 Å². The number of nitrogens with one attached hydrogen (secondary N) is 1. The normalized spacial score (nSPS) is 20.1. The second kappa shape index (κ2) is 5.81. The molecule has 23 heavy (non-hydrogen) atoms. The summed E-state index contributed by atoms with van der Waals surface area (Å²) >= 11 is 0. The van der Waals surface area contributed by atoms with E-state index in [1.54, 1.807) is 0 Å². The summed E-state index contributed by atoms with van der Waals surface area (Å²) in [5, 5.41) is 3.45. The highest BCUT2D eigenvalue weighted by Gasteiger charge is 2.38. The zero-order valence-electron chi connectivity index (χ0n) is 13.1. The van der Waals surface area contributed by atoms with Crippen molar-refractivity contribution in [3.63, 3.8) is 0 Å². The van der Waals surface area contributed by atoms with E-state index in [9.17, 15) is 4.79 Å². The van der Waals surface area contributed by atoms with Crippen molar-refractivity contribution in [1.82, 2.24) is 15.2 Å². The van der Waals surface area contributed by atoms with Gasteiger partial charge in [0.25, 0.3) is 5.91 Å². The number of amides is 1. The zero-order valence-corrected chi connectivity index (χ0v) is 13.1. The number of oxazole rings is 1. The molecule has 2 fully saturated rings. The van der Waals surface area contributed by atoms with E-state index in [1.807, 2.05) is 35.2 Å². The molecule has 2 aromatic rings. The van der Waals surface area contributed by atoms with Crippen LogP contribution in [0.5, 0.6) is 0 Å². The van der Waals surface area contributed by atoms with Crippen LogP contribution in [-0.4, -0.2) is 42.0 Å². The molecule has 5 heteroatoms. The molecular weight excluding hydrogens is 290 g/mol. The molecule has 2 aliphatic rings. The van der Waals surface area contributed by atoms with Gasteiger partial charge in [-0.3, -0.25) is 4.79 Å². The Morgan fingerprint density at radius 2 is 1.96 bits per heavy atom. The molecule has 1 N–H and O–H groups in total. The summed E-state index contributed by atoms with van der Waals surface area (Å²) in [6.07, 6.45) is 4.87. The highest BCUT2D eigenvalue weighted by atomic mass is 16.3. The Morgan fingerprint density at radius 1 is 1.17 bits per heavy atom. The van der Waals surface area contributed by atoms with Gasteiger partial charge in [-0.2, -0.15) is 0 Å². The first-order valence-corrected chi connectivity index (χ1v) is 8.27. The van der Waals surface area contributed by atoms with Gasteiger partial charge in [-0.05, 0) is 43.4 Å². The minimum absolute atomic E-state index is 0.0169. The number of nitrogens with zero attached hydrogens (tertiary/aromatic N) is 2. The van der Waals surface area contributed by atoms with E-state index < -0.39 is 0 Å². The number of hydrogen-bond donors (Lipinski definition) is 1. The minimum atomic E-state index is -0.0169. The molecule has 0 unspecified atom stereocenters. The lowest BCUT2D eigenvalue weighted by Gasteiger charge is -2.38. The predicted octanol–water partition coefficient (Wildman–Crippen LogP) is 2.56. The van der Waals surface area contributed by atoms with Crippen molar-refractivity contribution >= 4 is 5.91 Å². The Labute approximate surface area is 135 Å². The standard InChI is InChI=1S/C18H21N3O2/c22-17(21-10-7-18(8-11-21)6-9-19-13-18)15-12-23-16(20-15)14-4-2-1-3-5-14/h1-5,12,19H,6-11,13H2. The van der Waals surface area contributed by atoms with E-state index in [2.05, 4.69) is 10.3 Å². The topological polar surface area (TPSA) is 58.4 Å². The number of hydrogen-bond acceptors (Lipinski definition) is 4. The molecule has 3 heterocycles. The van der Waals surface area contributed by atoms with Crippen molar-refractivity contribution in [3.8, 4) is 11.5 Å². The monoisotopic (exact) mass is 311 g/mol. The molecule has 2 aliphatic heterocycles. The van der Waals surface area contributed by atoms with E-state index in [4.69, 9.17) is 4.42 Å². The molecule has 4 rings (SSSR count). The third-order valence-corrected chi connectivity index (χ3v) is 5.19. The Bertz CT molecular complexity index is 679. The summed E-state index contributed by atoms with van der Waals surface area (Å²) in [6.45, 7) is 3.83. The van der Waals surface area contributed by atoms with Crippen LogP contribution >= 0.6 is 0 Å². The number of benzene rings is 1. The Morgan fingerprint density at radius 3 is 2.65 bits per heavy atom. The molecule has 1 aromatic heterocycles. The number of carbonyl (C=O) groups is 1. The Hall–Kier alpha value is -2.14. The molecule has 120 valence electrons. The van der Waals surface area contributed by atoms with Gasteiger partial charge in [-0.15, -0.1) is 0 Å². The van der Waals surface area contributed by atoms with Gasteiger partial charge in [-0.25, -0.2) is 4.98 Å². The van der Waals surface area contributed by atoms with Gasteiger partial charge in [0.15, 0.2) is 5.69 Å². The van der Waals surface area contributed by atoms with E-state index in [-0.39, 0.29) is 5.91 Å². The van der Waals surface area contributed by atoms with E-state index in [0.29, 0.717) is 17.0 Å². The first-order valence-electron chi connectivity index (χ1n) is 8.27. The van der Waals surface area contributed by atoms with Crippen molar-refractivity contribution in [2.24, 2.45) is 5.41 Å². The Balaban J connectivity index is 1.45. The molecule has 1 spiro atoms. The summed E-state index contributed by atoms with van der Waals surface area (Å²) in [7, 11) is 0. The van der Waals surface area contributed by atoms with Crippen LogP contribution in [0.15, 0.2) is 41.0 Å². The number of aromatic nitrogens is 1. The maximum Gasteiger partial charge on any atom is 0.275 e. The molecule has 0 bridgehead atoms. The lowest BCUT2D eigenvalue weighted by Crippen LogP contribution is -2.44. The van der Waals surface area contributed by atoms with Gasteiger partial charge < -0.3 is 14.6 Å². The van der Waals surface area contributed by atoms with Crippen molar-refractivity contribution in [1.29, 1.82) is 0 Å². The number of likely N-dealkylation sites (tertiary alicyclic amines) is 1. The van der Waals surface area contributed by atoms with Crippen LogP contribution < -0.4 is 5.32 Å². The van der Waals surface area contributed by atoms with Crippen molar-refractivity contribution < 1.29 is 9.21 Å². The minimum Gasteiger partial charge on any atom is -0.444 e. The quantitative estimate of drug-likeness (QED) is 0.926. The SMILES string of the molecule is O=C(c1coc(-c2ccccc2)n1)N1CCC2(CCNC2)CC1. The highest BCUT2D eigenvalue weighted by molar-refractivity contribution is 5.92. The van der Waals surface area contributed by atoms with Crippen molar-refractivity contribution in [2.75, 3.05) is 26.2 Å². The van der Waals surface area contributed by atoms with E-state index in [0.717, 1.165) is 44.6 Å². The fraction of sp³-hybridized carbons (Fsp3) is 0.444. The third-order valence-electron chi connectivity index (χ3n) is 5.19. The van der Waals surface area contributed by atoms with Gasteiger partial charge >= 0.3 is 0 Å². The van der Waals surface area contributed by atoms with Crippen LogP contribution in [0.1, 0.15) is 29.8 Å². The lowest BCUT2D eigenvalue weighted by atomic mass is 9.78. The molecule has 0 aliphatic carbocycles. The molecule has 0 saturated carbocycles. The molecule has 5 nitrogen and oxygen atoms in total. The molecule has 0 atom stereocenters. The molecule has 1 amide bonds. The number of rotatable bonds is 2. The average molecular weight is 311 g/mol. The fourth-order valence-electron chi connectivity index (χ4n) is 3.65. The highest BCUT2D eigenvalue weighted by Crippen LogP contribution is 2.37. The second-order valence-corrected chi connectivity index (χ2v) is 6.62. The smallest absolute Gasteiger partial charge is 0.275 e. The maximum absolute atomic E-state index is 12.6. The first kappa shape index (κ1) is 14.5. The summed E-state index contributed by atoms with van der Waals surface area (Å²) in [5.74, 6) is 0.485. The van der Waals surface area contributed by atoms with Gasteiger partial charge in [0, 0.05) is 25.2 Å². The van der Waals surface area contributed by atoms with Gasteiger partial charge in [-0.1, -0.05) is 18.2 Å².